The summed E-state index contributed by atoms with van der Waals surface area (Å²) in [5, 5.41) is 3.62. The number of H-pyrrole nitrogens is 1. The molecule has 7 heteroatoms. The van der Waals surface area contributed by atoms with E-state index in [1.807, 2.05) is 0 Å². The van der Waals surface area contributed by atoms with Crippen molar-refractivity contribution in [2.24, 2.45) is 5.73 Å². The number of benzene rings is 1. The van der Waals surface area contributed by atoms with Crippen LogP contribution in [0.3, 0.4) is 0 Å². The maximum Gasteiger partial charge on any atom is 0.224 e. The summed E-state index contributed by atoms with van der Waals surface area (Å²) in [6.45, 7) is 4.03. The van der Waals surface area contributed by atoms with Crippen LogP contribution in [0.5, 0.6) is 0 Å². The van der Waals surface area contributed by atoms with Crippen molar-refractivity contribution in [1.82, 2.24) is 10.3 Å². The molecule has 0 saturated carbocycles. The number of ether oxygens (including phenoxy) is 2. The lowest BCUT2D eigenvalue weighted by Gasteiger charge is -2.07. The normalized spacial score (nSPS) is 11.2. The lowest BCUT2D eigenvalue weighted by molar-refractivity contribution is -0.120. The van der Waals surface area contributed by atoms with Crippen molar-refractivity contribution >= 4 is 16.8 Å². The summed E-state index contributed by atoms with van der Waals surface area (Å²) in [4.78, 5) is 15.1. The Morgan fingerprint density at radius 1 is 1.07 bits per heavy atom. The monoisotopic (exact) mass is 379 g/mol. The van der Waals surface area contributed by atoms with E-state index in [1.54, 1.807) is 12.3 Å². The standard InChI is InChI=1S/C20H30FN3O3/c21-17-5-6-19-18(14-17)16(15-24-19)13-20(25)23-8-4-12-27-10-2-1-9-26-11-3-7-22/h5-6,14-15,24H,1-4,7-13,22H2,(H,23,25). The Labute approximate surface area is 159 Å². The van der Waals surface area contributed by atoms with Gasteiger partial charge in [-0.3, -0.25) is 4.79 Å². The number of hydrogen-bond acceptors (Lipinski definition) is 4. The molecule has 1 amide bonds. The van der Waals surface area contributed by atoms with E-state index in [-0.39, 0.29) is 18.1 Å². The molecule has 150 valence electrons. The van der Waals surface area contributed by atoms with Crippen molar-refractivity contribution in [2.75, 3.05) is 39.5 Å². The second-order valence-electron chi connectivity index (χ2n) is 6.46. The van der Waals surface area contributed by atoms with Crippen LogP contribution in [0.2, 0.25) is 0 Å². The van der Waals surface area contributed by atoms with Crippen molar-refractivity contribution in [1.29, 1.82) is 0 Å². The zero-order valence-corrected chi connectivity index (χ0v) is 15.8. The van der Waals surface area contributed by atoms with Crippen LogP contribution in [0.15, 0.2) is 24.4 Å². The second-order valence-corrected chi connectivity index (χ2v) is 6.46. The largest absolute Gasteiger partial charge is 0.381 e. The zero-order valence-electron chi connectivity index (χ0n) is 15.8. The van der Waals surface area contributed by atoms with Gasteiger partial charge in [0.15, 0.2) is 0 Å². The highest BCUT2D eigenvalue weighted by Crippen LogP contribution is 2.19. The van der Waals surface area contributed by atoms with E-state index in [4.69, 9.17) is 15.2 Å². The van der Waals surface area contributed by atoms with Gasteiger partial charge < -0.3 is 25.5 Å². The smallest absolute Gasteiger partial charge is 0.224 e. The fourth-order valence-electron chi connectivity index (χ4n) is 2.73. The zero-order chi connectivity index (χ0) is 19.3. The molecule has 0 saturated heterocycles. The van der Waals surface area contributed by atoms with Gasteiger partial charge in [-0.25, -0.2) is 4.39 Å². The molecule has 0 unspecified atom stereocenters. The number of unbranched alkanes of at least 4 members (excludes halogenated alkanes) is 1. The lowest BCUT2D eigenvalue weighted by Crippen LogP contribution is -2.26. The Bertz CT molecular complexity index is 690. The third-order valence-corrected chi connectivity index (χ3v) is 4.19. The number of carbonyl (C=O) groups is 1. The topological polar surface area (TPSA) is 89.4 Å². The lowest BCUT2D eigenvalue weighted by atomic mass is 10.1. The molecular formula is C20H30FN3O3. The van der Waals surface area contributed by atoms with Crippen molar-refractivity contribution in [3.05, 3.63) is 35.8 Å². The first-order chi connectivity index (χ1) is 13.2. The molecule has 0 fully saturated rings. The molecule has 1 aromatic carbocycles. The molecule has 0 aliphatic carbocycles. The molecular weight excluding hydrogens is 349 g/mol. The van der Waals surface area contributed by atoms with E-state index in [0.717, 1.165) is 55.4 Å². The first-order valence-corrected chi connectivity index (χ1v) is 9.58. The predicted molar refractivity (Wildman–Crippen MR) is 104 cm³/mol. The minimum atomic E-state index is -0.303. The van der Waals surface area contributed by atoms with Crippen LogP contribution in [-0.4, -0.2) is 50.4 Å². The molecule has 2 rings (SSSR count). The quantitative estimate of drug-likeness (QED) is 0.440. The van der Waals surface area contributed by atoms with E-state index < -0.39 is 0 Å². The first kappa shape index (κ1) is 21.3. The summed E-state index contributed by atoms with van der Waals surface area (Å²) < 4.78 is 24.3. The summed E-state index contributed by atoms with van der Waals surface area (Å²) in [6.07, 6.45) is 5.60. The maximum absolute atomic E-state index is 13.4. The highest BCUT2D eigenvalue weighted by Gasteiger charge is 2.09. The molecule has 4 N–H and O–H groups in total. The van der Waals surface area contributed by atoms with Gasteiger partial charge >= 0.3 is 0 Å². The van der Waals surface area contributed by atoms with Crippen molar-refractivity contribution in [3.8, 4) is 0 Å². The molecule has 27 heavy (non-hydrogen) atoms. The highest BCUT2D eigenvalue weighted by atomic mass is 19.1. The molecule has 0 radical (unpaired) electrons. The summed E-state index contributed by atoms with van der Waals surface area (Å²) in [5.41, 5.74) is 7.02. The molecule has 0 atom stereocenters. The van der Waals surface area contributed by atoms with Gasteiger partial charge in [0, 0.05) is 50.1 Å². The third kappa shape index (κ3) is 8.07. The SMILES string of the molecule is NCCCOCCCCOCCCNC(=O)Cc1c[nH]c2ccc(F)cc12. The third-order valence-electron chi connectivity index (χ3n) is 4.19. The first-order valence-electron chi connectivity index (χ1n) is 9.58. The number of carbonyl (C=O) groups excluding carboxylic acids is 1. The Hall–Kier alpha value is -1.96. The maximum atomic E-state index is 13.4. The predicted octanol–water partition coefficient (Wildman–Crippen LogP) is 2.52. The van der Waals surface area contributed by atoms with Crippen molar-refractivity contribution in [3.63, 3.8) is 0 Å². The van der Waals surface area contributed by atoms with Gasteiger partial charge in [0.2, 0.25) is 5.91 Å². The average molecular weight is 379 g/mol. The van der Waals surface area contributed by atoms with E-state index >= 15 is 0 Å². The van der Waals surface area contributed by atoms with Crippen molar-refractivity contribution in [2.45, 2.75) is 32.1 Å². The molecule has 0 aliphatic heterocycles. The average Bonchev–Trinajstić information content (AvgIpc) is 3.04. The second kappa shape index (κ2) is 12.4. The van der Waals surface area contributed by atoms with E-state index in [0.29, 0.717) is 26.3 Å². The number of amides is 1. The number of nitrogens with one attached hydrogen (secondary N) is 2. The van der Waals surface area contributed by atoms with Gasteiger partial charge in [-0.05, 0) is 56.0 Å². The molecule has 1 aromatic heterocycles. The fourth-order valence-corrected chi connectivity index (χ4v) is 2.73. The number of aromatic nitrogens is 1. The van der Waals surface area contributed by atoms with Crippen LogP contribution in [0, 0.1) is 5.82 Å². The Morgan fingerprint density at radius 2 is 1.78 bits per heavy atom. The molecule has 2 aromatic rings. The summed E-state index contributed by atoms with van der Waals surface area (Å²) >= 11 is 0. The van der Waals surface area contributed by atoms with Crippen LogP contribution in [-0.2, 0) is 20.7 Å². The molecule has 0 bridgehead atoms. The molecule has 6 nitrogen and oxygen atoms in total. The number of hydrogen-bond donors (Lipinski definition) is 3. The molecule has 1 heterocycles. The Balaban J connectivity index is 1.49. The van der Waals surface area contributed by atoms with Crippen LogP contribution >= 0.6 is 0 Å². The van der Waals surface area contributed by atoms with Crippen LogP contribution in [0.1, 0.15) is 31.2 Å². The minimum Gasteiger partial charge on any atom is -0.381 e. The minimum absolute atomic E-state index is 0.0743. The fraction of sp³-hybridized carbons (Fsp3) is 0.550. The summed E-state index contributed by atoms with van der Waals surface area (Å²) in [5.74, 6) is -0.377. The summed E-state index contributed by atoms with van der Waals surface area (Å²) in [6, 6.07) is 4.53. The highest BCUT2D eigenvalue weighted by molar-refractivity contribution is 5.88. The molecule has 0 spiro atoms. The van der Waals surface area contributed by atoms with Gasteiger partial charge in [-0.1, -0.05) is 0 Å². The van der Waals surface area contributed by atoms with E-state index in [2.05, 4.69) is 10.3 Å². The number of rotatable bonds is 14. The van der Waals surface area contributed by atoms with Crippen LogP contribution in [0.4, 0.5) is 4.39 Å². The van der Waals surface area contributed by atoms with Gasteiger partial charge in [0.25, 0.3) is 0 Å². The van der Waals surface area contributed by atoms with Gasteiger partial charge in [0.05, 0.1) is 6.42 Å². The number of nitrogens with two attached hydrogens (primary N) is 1. The number of fused-ring (bicyclic) bond motifs is 1. The summed E-state index contributed by atoms with van der Waals surface area (Å²) in [7, 11) is 0. The van der Waals surface area contributed by atoms with Gasteiger partial charge in [-0.2, -0.15) is 0 Å². The Morgan fingerprint density at radius 3 is 2.52 bits per heavy atom. The van der Waals surface area contributed by atoms with E-state index in [1.165, 1.54) is 12.1 Å². The van der Waals surface area contributed by atoms with Gasteiger partial charge in [-0.15, -0.1) is 0 Å². The van der Waals surface area contributed by atoms with Crippen molar-refractivity contribution < 1.29 is 18.7 Å². The molecule has 0 aliphatic rings. The van der Waals surface area contributed by atoms with Gasteiger partial charge in [0.1, 0.15) is 5.82 Å². The van der Waals surface area contributed by atoms with E-state index in [9.17, 15) is 9.18 Å². The number of aromatic amines is 1. The number of halogens is 1. The Kier molecular flexibility index (Phi) is 9.83. The van der Waals surface area contributed by atoms with Crippen LogP contribution in [0.25, 0.3) is 10.9 Å². The van der Waals surface area contributed by atoms with Crippen LogP contribution < -0.4 is 11.1 Å².